The van der Waals surface area contributed by atoms with Gasteiger partial charge in [-0.2, -0.15) is 0 Å². The predicted octanol–water partition coefficient (Wildman–Crippen LogP) is 3.77. The third-order valence-electron chi connectivity index (χ3n) is 9.06. The number of carboxylic acid groups (broad SMARTS) is 2. The first-order valence-electron chi connectivity index (χ1n) is 17.2. The van der Waals surface area contributed by atoms with Crippen LogP contribution >= 0.6 is 0 Å². The number of carbonyl (C=O) groups is 2. The molecule has 0 spiro atoms. The zero-order valence-corrected chi connectivity index (χ0v) is 30.2. The van der Waals surface area contributed by atoms with E-state index in [1.165, 1.54) is 0 Å². The zero-order valence-electron chi connectivity index (χ0n) is 30.2. The van der Waals surface area contributed by atoms with E-state index in [9.17, 15) is 19.8 Å². The second kappa shape index (κ2) is 17.3. The van der Waals surface area contributed by atoms with Gasteiger partial charge < -0.3 is 45.0 Å². The van der Waals surface area contributed by atoms with Crippen LogP contribution in [0.1, 0.15) is 48.8 Å². The summed E-state index contributed by atoms with van der Waals surface area (Å²) in [6.07, 6.45) is 3.03. The van der Waals surface area contributed by atoms with Crippen molar-refractivity contribution in [2.24, 2.45) is 4.99 Å². The van der Waals surface area contributed by atoms with Gasteiger partial charge in [-0.3, -0.25) is 9.98 Å². The number of aliphatic hydroxyl groups excluding tert-OH is 3. The van der Waals surface area contributed by atoms with Crippen LogP contribution in [0, 0.1) is 0 Å². The molecule has 284 valence electrons. The van der Waals surface area contributed by atoms with Crippen LogP contribution in [-0.2, 0) is 9.59 Å². The summed E-state index contributed by atoms with van der Waals surface area (Å²) < 4.78 is 11.4. The molecule has 15 nitrogen and oxygen atoms in total. The molecule has 5 aromatic rings. The van der Waals surface area contributed by atoms with Gasteiger partial charge in [0.05, 0.1) is 37.1 Å². The number of methoxy groups -OCH3 is 1. The number of fused-ring (bicyclic) bond motifs is 6. The highest BCUT2D eigenvalue weighted by atomic mass is 16.5. The van der Waals surface area contributed by atoms with Crippen molar-refractivity contribution in [1.82, 2.24) is 15.0 Å². The van der Waals surface area contributed by atoms with Crippen LogP contribution in [0.4, 0.5) is 5.95 Å². The summed E-state index contributed by atoms with van der Waals surface area (Å²) in [5, 5.41) is 55.5. The van der Waals surface area contributed by atoms with E-state index in [1.54, 1.807) is 19.2 Å². The van der Waals surface area contributed by atoms with E-state index in [0.717, 1.165) is 62.7 Å². The molecular weight excluding hydrogens is 698 g/mol. The molecular formula is C39H43N5O10. The lowest BCUT2D eigenvalue weighted by Crippen LogP contribution is -2.39. The second-order valence-corrected chi connectivity index (χ2v) is 12.9. The van der Waals surface area contributed by atoms with E-state index < -0.39 is 24.1 Å². The van der Waals surface area contributed by atoms with Crippen molar-refractivity contribution >= 4 is 45.3 Å². The van der Waals surface area contributed by atoms with Crippen LogP contribution in [0.5, 0.6) is 17.2 Å². The highest BCUT2D eigenvalue weighted by Gasteiger charge is 2.37. The molecule has 0 radical (unpaired) electrons. The third-order valence-corrected chi connectivity index (χ3v) is 9.06. The van der Waals surface area contributed by atoms with Crippen molar-refractivity contribution in [1.29, 1.82) is 0 Å². The maximum atomic E-state index is 10.3. The molecule has 3 heterocycles. The average Bonchev–Trinajstić information content (AvgIpc) is 3.17. The van der Waals surface area contributed by atoms with Crippen LogP contribution in [0.25, 0.3) is 21.7 Å². The Bertz CT molecular complexity index is 2120. The maximum absolute atomic E-state index is 10.3. The molecule has 7 rings (SSSR count). The monoisotopic (exact) mass is 741 g/mol. The topological polar surface area (TPSA) is 228 Å². The quantitative estimate of drug-likeness (QED) is 0.125. The molecule has 1 fully saturated rings. The number of phenols is 1. The summed E-state index contributed by atoms with van der Waals surface area (Å²) in [5.74, 6) is -1.02. The van der Waals surface area contributed by atoms with Crippen LogP contribution in [-0.4, -0.2) is 115 Å². The fraction of sp³-hybridized carbons (Fsp3) is 0.333. The minimum atomic E-state index is -2.27. The number of rotatable bonds is 8. The average molecular weight is 742 g/mol. The Balaban J connectivity index is 0.000000186. The van der Waals surface area contributed by atoms with Gasteiger partial charge in [0.2, 0.25) is 5.95 Å². The maximum Gasteiger partial charge on any atom is 0.335 e. The van der Waals surface area contributed by atoms with Gasteiger partial charge in [0, 0.05) is 60.5 Å². The van der Waals surface area contributed by atoms with Crippen molar-refractivity contribution in [3.8, 4) is 17.2 Å². The molecule has 54 heavy (non-hydrogen) atoms. The lowest BCUT2D eigenvalue weighted by Gasteiger charge is -2.37. The molecule has 1 aliphatic heterocycles. The first-order chi connectivity index (χ1) is 25.8. The van der Waals surface area contributed by atoms with E-state index in [1.807, 2.05) is 80.9 Å². The Kier molecular flexibility index (Phi) is 12.6. The molecule has 1 saturated carbocycles. The second-order valence-electron chi connectivity index (χ2n) is 12.9. The first kappa shape index (κ1) is 39.3. The summed E-state index contributed by atoms with van der Waals surface area (Å²) in [6, 6.07) is 17.5. The number of benzene rings is 3. The molecule has 5 atom stereocenters. The number of aromatic nitrogens is 3. The zero-order chi connectivity index (χ0) is 39.1. The van der Waals surface area contributed by atoms with Gasteiger partial charge in [0.25, 0.3) is 0 Å². The molecule has 2 aliphatic rings. The Morgan fingerprint density at radius 3 is 2.20 bits per heavy atom. The van der Waals surface area contributed by atoms with E-state index in [2.05, 4.69) is 21.0 Å². The van der Waals surface area contributed by atoms with Gasteiger partial charge in [0.15, 0.2) is 23.7 Å². The molecule has 15 heteroatoms. The van der Waals surface area contributed by atoms with Gasteiger partial charge in [-0.05, 0) is 67.5 Å². The predicted molar refractivity (Wildman–Crippen MR) is 201 cm³/mol. The number of phenolic OH excluding ortho intramolecular Hbond substituents is 1. The number of hydrogen-bond donors (Lipinski definition) is 6. The van der Waals surface area contributed by atoms with Crippen molar-refractivity contribution in [2.45, 2.75) is 56.5 Å². The number of hydrogen-bond acceptors (Lipinski definition) is 13. The highest BCUT2D eigenvalue weighted by Crippen LogP contribution is 2.45. The van der Waals surface area contributed by atoms with Crippen molar-refractivity contribution in [2.75, 3.05) is 32.7 Å². The Hall–Kier alpha value is -5.90. The van der Waals surface area contributed by atoms with Gasteiger partial charge >= 0.3 is 11.9 Å². The summed E-state index contributed by atoms with van der Waals surface area (Å²) in [4.78, 5) is 39.8. The van der Waals surface area contributed by atoms with Crippen LogP contribution in [0.2, 0.25) is 0 Å². The minimum Gasteiger partial charge on any atom is -0.508 e. The van der Waals surface area contributed by atoms with E-state index in [0.29, 0.717) is 24.7 Å². The largest absolute Gasteiger partial charge is 0.508 e. The number of aliphatic imine (C=N–C) groups is 1. The number of ether oxygens (including phenoxy) is 2. The number of nitrogens with zero attached hydrogens (tertiary/aromatic N) is 5. The Morgan fingerprint density at radius 2 is 1.57 bits per heavy atom. The SMILES string of the molecule is CCOc1cc2c(cc1OC)C(c1cnc(N(C)C)nc1)=N[C@@H]1CC[C@@H](O)C[C@H]21.O=C(O)[C@H](O)[C@@H](O)C(=O)O.Oc1ccc2ncc3ccccc3c2c1. The van der Waals surface area contributed by atoms with Gasteiger partial charge in [0.1, 0.15) is 5.75 Å². The smallest absolute Gasteiger partial charge is 0.335 e. The van der Waals surface area contributed by atoms with Crippen LogP contribution in [0.3, 0.4) is 0 Å². The summed E-state index contributed by atoms with van der Waals surface area (Å²) in [7, 11) is 5.48. The standard InChI is InChI=1S/C22H28N4O3.C13H9NO.C4H6O6/c1-5-29-20-9-15-16-8-14(27)6-7-18(16)25-21(17(15)10-19(20)28-4)13-11-23-22(24-12-13)26(2)3;15-10-5-6-13-12(7-10)11-4-2-1-3-9(11)8-14-13;5-1(3(7)8)2(6)4(9)10/h9-12,14,16,18,27H,5-8H2,1-4H3;1-8,15H;1-2,5-6H,(H,7,8)(H,9,10)/t14-,16-,18-;;1-,2-/m1.1/s1. The van der Waals surface area contributed by atoms with Crippen molar-refractivity contribution in [3.05, 3.63) is 89.9 Å². The van der Waals surface area contributed by atoms with Crippen molar-refractivity contribution < 1.29 is 49.7 Å². The molecule has 2 aromatic heterocycles. The first-order valence-corrected chi connectivity index (χ1v) is 17.2. The number of anilines is 1. The van der Waals surface area contributed by atoms with E-state index in [-0.39, 0.29) is 23.8 Å². The molecule has 0 saturated heterocycles. The molecule has 1 aliphatic carbocycles. The summed E-state index contributed by atoms with van der Waals surface area (Å²) in [5.41, 5.74) is 4.82. The fourth-order valence-electron chi connectivity index (χ4n) is 6.39. The molecule has 6 N–H and O–H groups in total. The number of pyridine rings is 1. The van der Waals surface area contributed by atoms with Gasteiger partial charge in [-0.15, -0.1) is 0 Å². The number of aliphatic hydroxyl groups is 3. The fourth-order valence-corrected chi connectivity index (χ4v) is 6.39. The number of carboxylic acids is 2. The van der Waals surface area contributed by atoms with Crippen molar-refractivity contribution in [3.63, 3.8) is 0 Å². The van der Waals surface area contributed by atoms with Gasteiger partial charge in [-0.1, -0.05) is 24.3 Å². The molecule has 0 bridgehead atoms. The van der Waals surface area contributed by atoms with E-state index in [4.69, 9.17) is 34.9 Å². The molecule has 0 amide bonds. The Morgan fingerprint density at radius 1 is 0.889 bits per heavy atom. The molecule has 3 aromatic carbocycles. The van der Waals surface area contributed by atoms with E-state index >= 15 is 0 Å². The molecule has 0 unspecified atom stereocenters. The summed E-state index contributed by atoms with van der Waals surface area (Å²) in [6.45, 7) is 2.52. The lowest BCUT2D eigenvalue weighted by molar-refractivity contribution is -0.165. The normalized spacial score (nSPS) is 18.3. The van der Waals surface area contributed by atoms with Crippen LogP contribution in [0.15, 0.2) is 78.2 Å². The number of aromatic hydroxyl groups is 1. The highest BCUT2D eigenvalue weighted by molar-refractivity contribution is 6.14. The summed E-state index contributed by atoms with van der Waals surface area (Å²) >= 11 is 0. The third kappa shape index (κ3) is 8.82. The Labute approximate surface area is 310 Å². The minimum absolute atomic E-state index is 0.136. The number of aliphatic carboxylic acids is 2. The lowest BCUT2D eigenvalue weighted by atomic mass is 9.74. The van der Waals surface area contributed by atoms with Gasteiger partial charge in [-0.25, -0.2) is 19.6 Å². The van der Waals surface area contributed by atoms with Crippen LogP contribution < -0.4 is 14.4 Å².